The topological polar surface area (TPSA) is 43.8 Å². The van der Waals surface area contributed by atoms with Gasteiger partial charge >= 0.3 is 0 Å². The van der Waals surface area contributed by atoms with Crippen molar-refractivity contribution in [1.82, 2.24) is 9.55 Å². The van der Waals surface area contributed by atoms with Gasteiger partial charge in [-0.25, -0.2) is 4.98 Å². The van der Waals surface area contributed by atoms with Crippen LogP contribution in [0.3, 0.4) is 0 Å². The van der Waals surface area contributed by atoms with Gasteiger partial charge in [0, 0.05) is 25.2 Å². The molecule has 4 aliphatic rings. The minimum absolute atomic E-state index is 0.382. The minimum Gasteiger partial charge on any atom is -0.337 e. The van der Waals surface area contributed by atoms with Gasteiger partial charge in [0.2, 0.25) is 0 Å². The summed E-state index contributed by atoms with van der Waals surface area (Å²) in [5.41, 5.74) is 7.51. The molecule has 1 heterocycles. The Balaban J connectivity index is 1.52. The second kappa shape index (κ2) is 4.59. The van der Waals surface area contributed by atoms with Gasteiger partial charge in [0.25, 0.3) is 0 Å². The van der Waals surface area contributed by atoms with Crippen molar-refractivity contribution in [2.45, 2.75) is 57.9 Å². The van der Waals surface area contributed by atoms with Crippen LogP contribution in [0.1, 0.15) is 57.1 Å². The van der Waals surface area contributed by atoms with Gasteiger partial charge < -0.3 is 10.3 Å². The first kappa shape index (κ1) is 12.9. The second-order valence-electron chi connectivity index (χ2n) is 8.03. The van der Waals surface area contributed by atoms with Gasteiger partial charge in [0.1, 0.15) is 0 Å². The van der Waals surface area contributed by atoms with Crippen LogP contribution in [0.15, 0.2) is 12.5 Å². The molecule has 4 fully saturated rings. The summed E-state index contributed by atoms with van der Waals surface area (Å²) in [4.78, 5) is 4.57. The van der Waals surface area contributed by atoms with E-state index in [4.69, 9.17) is 5.73 Å². The van der Waals surface area contributed by atoms with E-state index in [0.29, 0.717) is 17.9 Å². The van der Waals surface area contributed by atoms with E-state index in [1.165, 1.54) is 45.1 Å². The first-order valence-electron chi connectivity index (χ1n) is 8.37. The van der Waals surface area contributed by atoms with Gasteiger partial charge in [0.05, 0.1) is 12.0 Å². The number of rotatable bonds is 4. The molecule has 1 aromatic rings. The third-order valence-corrected chi connectivity index (χ3v) is 6.19. The first-order valence-corrected chi connectivity index (χ1v) is 8.37. The maximum absolute atomic E-state index is 5.75. The zero-order valence-corrected chi connectivity index (χ0v) is 12.6. The van der Waals surface area contributed by atoms with E-state index in [0.717, 1.165) is 23.4 Å². The SMILES string of the molecule is CC(CN)c1cn(CC23CC4CC(CC(C4)C2)C3)cn1. The van der Waals surface area contributed by atoms with Crippen molar-refractivity contribution >= 4 is 0 Å². The molecule has 0 saturated heterocycles. The Morgan fingerprint density at radius 1 is 1.25 bits per heavy atom. The van der Waals surface area contributed by atoms with E-state index in [1.807, 2.05) is 6.33 Å². The van der Waals surface area contributed by atoms with E-state index in [-0.39, 0.29) is 0 Å². The maximum atomic E-state index is 5.75. The minimum atomic E-state index is 0.382. The highest BCUT2D eigenvalue weighted by molar-refractivity contribution is 5.06. The standard InChI is InChI=1S/C17H27N3/c1-12(8-18)16-9-20(11-19-16)10-17-5-13-2-14(6-17)4-15(3-13)7-17/h9,11-15H,2-8,10,18H2,1H3. The Morgan fingerprint density at radius 2 is 1.85 bits per heavy atom. The van der Waals surface area contributed by atoms with Gasteiger partial charge in [-0.1, -0.05) is 6.92 Å². The quantitative estimate of drug-likeness (QED) is 0.915. The number of aromatic nitrogens is 2. The lowest BCUT2D eigenvalue weighted by Crippen LogP contribution is -2.47. The summed E-state index contributed by atoms with van der Waals surface area (Å²) >= 11 is 0. The lowest BCUT2D eigenvalue weighted by Gasteiger charge is -2.57. The van der Waals surface area contributed by atoms with Crippen LogP contribution in [0.5, 0.6) is 0 Å². The summed E-state index contributed by atoms with van der Waals surface area (Å²) in [5.74, 6) is 3.49. The van der Waals surface area contributed by atoms with Crippen molar-refractivity contribution in [3.8, 4) is 0 Å². The van der Waals surface area contributed by atoms with Gasteiger partial charge in [0.15, 0.2) is 0 Å². The maximum Gasteiger partial charge on any atom is 0.0949 e. The van der Waals surface area contributed by atoms with Crippen LogP contribution in [0, 0.1) is 23.2 Å². The largest absolute Gasteiger partial charge is 0.337 e. The fraction of sp³-hybridized carbons (Fsp3) is 0.824. The van der Waals surface area contributed by atoms with E-state index in [1.54, 1.807) is 0 Å². The summed E-state index contributed by atoms with van der Waals surface area (Å²) in [6.45, 7) is 4.05. The lowest BCUT2D eigenvalue weighted by molar-refractivity contribution is -0.0619. The summed E-state index contributed by atoms with van der Waals surface area (Å²) in [7, 11) is 0. The summed E-state index contributed by atoms with van der Waals surface area (Å²) < 4.78 is 2.36. The Labute approximate surface area is 122 Å². The van der Waals surface area contributed by atoms with Crippen molar-refractivity contribution in [3.63, 3.8) is 0 Å². The molecule has 3 nitrogen and oxygen atoms in total. The molecule has 0 spiro atoms. The zero-order valence-electron chi connectivity index (χ0n) is 12.6. The molecule has 4 bridgehead atoms. The highest BCUT2D eigenvalue weighted by Crippen LogP contribution is 2.60. The summed E-state index contributed by atoms with van der Waals surface area (Å²) in [5, 5.41) is 0. The van der Waals surface area contributed by atoms with Crippen LogP contribution in [0.25, 0.3) is 0 Å². The molecule has 0 amide bonds. The van der Waals surface area contributed by atoms with Crippen LogP contribution in [0.2, 0.25) is 0 Å². The molecular formula is C17H27N3. The fourth-order valence-corrected chi connectivity index (χ4v) is 5.71. The molecule has 4 aliphatic carbocycles. The van der Waals surface area contributed by atoms with E-state index < -0.39 is 0 Å². The fourth-order valence-electron chi connectivity index (χ4n) is 5.71. The van der Waals surface area contributed by atoms with E-state index in [2.05, 4.69) is 22.7 Å². The predicted molar refractivity (Wildman–Crippen MR) is 80.3 cm³/mol. The number of nitrogens with two attached hydrogens (primary N) is 1. The molecule has 0 radical (unpaired) electrons. The lowest BCUT2D eigenvalue weighted by atomic mass is 9.49. The third kappa shape index (κ3) is 2.11. The Hall–Kier alpha value is -0.830. The highest BCUT2D eigenvalue weighted by atomic mass is 15.0. The third-order valence-electron chi connectivity index (χ3n) is 6.19. The molecule has 5 rings (SSSR count). The molecule has 0 aliphatic heterocycles. The first-order chi connectivity index (χ1) is 9.66. The summed E-state index contributed by atoms with van der Waals surface area (Å²) in [6, 6.07) is 0. The Kier molecular flexibility index (Phi) is 2.95. The molecule has 1 aromatic heterocycles. The van der Waals surface area contributed by atoms with Gasteiger partial charge in [-0.2, -0.15) is 0 Å². The van der Waals surface area contributed by atoms with Gasteiger partial charge in [-0.15, -0.1) is 0 Å². The number of hydrogen-bond donors (Lipinski definition) is 1. The molecule has 110 valence electrons. The van der Waals surface area contributed by atoms with Crippen LogP contribution >= 0.6 is 0 Å². The zero-order chi connectivity index (χ0) is 13.7. The molecule has 3 heteroatoms. The summed E-state index contributed by atoms with van der Waals surface area (Å²) in [6.07, 6.45) is 13.3. The molecular weight excluding hydrogens is 246 g/mol. The monoisotopic (exact) mass is 273 g/mol. The van der Waals surface area contributed by atoms with E-state index >= 15 is 0 Å². The van der Waals surface area contributed by atoms with E-state index in [9.17, 15) is 0 Å². The van der Waals surface area contributed by atoms with Crippen molar-refractivity contribution in [2.75, 3.05) is 6.54 Å². The molecule has 1 atom stereocenters. The molecule has 2 N–H and O–H groups in total. The van der Waals surface area contributed by atoms with Crippen LogP contribution < -0.4 is 5.73 Å². The average molecular weight is 273 g/mol. The van der Waals surface area contributed by atoms with Crippen molar-refractivity contribution in [2.24, 2.45) is 28.9 Å². The smallest absolute Gasteiger partial charge is 0.0949 e. The molecule has 0 aromatic carbocycles. The van der Waals surface area contributed by atoms with Crippen molar-refractivity contribution in [3.05, 3.63) is 18.2 Å². The van der Waals surface area contributed by atoms with Crippen molar-refractivity contribution < 1.29 is 0 Å². The molecule has 4 saturated carbocycles. The highest BCUT2D eigenvalue weighted by Gasteiger charge is 2.50. The predicted octanol–water partition coefficient (Wildman–Crippen LogP) is 3.16. The number of hydrogen-bond acceptors (Lipinski definition) is 2. The Morgan fingerprint density at radius 3 is 2.40 bits per heavy atom. The van der Waals surface area contributed by atoms with Crippen LogP contribution in [-0.4, -0.2) is 16.1 Å². The number of imidazole rings is 1. The molecule has 1 unspecified atom stereocenters. The normalized spacial score (nSPS) is 40.2. The second-order valence-corrected chi connectivity index (χ2v) is 8.03. The number of nitrogens with zero attached hydrogens (tertiary/aromatic N) is 2. The Bertz CT molecular complexity index is 455. The van der Waals surface area contributed by atoms with Crippen LogP contribution in [0.4, 0.5) is 0 Å². The van der Waals surface area contributed by atoms with Gasteiger partial charge in [-0.05, 0) is 61.7 Å². The van der Waals surface area contributed by atoms with Crippen molar-refractivity contribution in [1.29, 1.82) is 0 Å². The molecule has 20 heavy (non-hydrogen) atoms. The van der Waals surface area contributed by atoms with Crippen LogP contribution in [-0.2, 0) is 6.54 Å². The van der Waals surface area contributed by atoms with Gasteiger partial charge in [-0.3, -0.25) is 0 Å². The average Bonchev–Trinajstić information content (AvgIpc) is 2.83.